The van der Waals surface area contributed by atoms with E-state index in [-0.39, 0.29) is 5.91 Å². The molecule has 17 heavy (non-hydrogen) atoms. The molecule has 0 spiro atoms. The van der Waals surface area contributed by atoms with Crippen LogP contribution < -0.4 is 16.0 Å². The lowest BCUT2D eigenvalue weighted by Gasteiger charge is -2.22. The maximum absolute atomic E-state index is 11.4. The van der Waals surface area contributed by atoms with Crippen molar-refractivity contribution in [2.24, 2.45) is 11.1 Å². The number of pyridine rings is 1. The highest BCUT2D eigenvalue weighted by molar-refractivity contribution is 5.82. The minimum absolute atomic E-state index is 0.224. The first kappa shape index (κ1) is 11.7. The molecule has 5 heteroatoms. The average molecular weight is 234 g/mol. The van der Waals surface area contributed by atoms with Gasteiger partial charge in [0.1, 0.15) is 0 Å². The molecule has 3 N–H and O–H groups in total. The molecule has 1 unspecified atom stereocenters. The molecule has 1 amide bonds. The number of hydrogen-bond donors (Lipinski definition) is 2. The third-order valence-corrected chi connectivity index (χ3v) is 3.45. The second-order valence-corrected chi connectivity index (χ2v) is 4.78. The van der Waals surface area contributed by atoms with Crippen molar-refractivity contribution >= 4 is 17.3 Å². The minimum atomic E-state index is -0.421. The van der Waals surface area contributed by atoms with E-state index < -0.39 is 5.41 Å². The van der Waals surface area contributed by atoms with Crippen LogP contribution in [0.15, 0.2) is 18.5 Å². The molecule has 92 valence electrons. The number of carbonyl (C=O) groups is 1. The number of primary amides is 1. The van der Waals surface area contributed by atoms with Crippen LogP contribution in [0.3, 0.4) is 0 Å². The summed E-state index contributed by atoms with van der Waals surface area (Å²) in [5.74, 6) is -0.224. The quantitative estimate of drug-likeness (QED) is 0.812. The topological polar surface area (TPSA) is 71.2 Å². The van der Waals surface area contributed by atoms with Crippen LogP contribution >= 0.6 is 0 Å². The number of aromatic nitrogens is 1. The summed E-state index contributed by atoms with van der Waals surface area (Å²) < 4.78 is 0. The van der Waals surface area contributed by atoms with Gasteiger partial charge < -0.3 is 16.0 Å². The third kappa shape index (κ3) is 2.18. The van der Waals surface area contributed by atoms with E-state index in [4.69, 9.17) is 5.73 Å². The summed E-state index contributed by atoms with van der Waals surface area (Å²) in [5.41, 5.74) is 7.01. The Morgan fingerprint density at radius 2 is 2.35 bits per heavy atom. The molecular weight excluding hydrogens is 216 g/mol. The van der Waals surface area contributed by atoms with E-state index >= 15 is 0 Å². The zero-order chi connectivity index (χ0) is 12.5. The van der Waals surface area contributed by atoms with E-state index in [0.29, 0.717) is 6.54 Å². The van der Waals surface area contributed by atoms with Crippen LogP contribution in [0.5, 0.6) is 0 Å². The molecule has 2 heterocycles. The van der Waals surface area contributed by atoms with Gasteiger partial charge in [-0.15, -0.1) is 0 Å². The molecule has 0 bridgehead atoms. The Hall–Kier alpha value is -1.78. The fourth-order valence-corrected chi connectivity index (χ4v) is 2.12. The number of carbonyl (C=O) groups excluding carboxylic acids is 1. The molecule has 1 saturated heterocycles. The number of nitrogens with one attached hydrogen (secondary N) is 1. The van der Waals surface area contributed by atoms with Crippen LogP contribution in [0, 0.1) is 5.41 Å². The van der Waals surface area contributed by atoms with Gasteiger partial charge in [0, 0.05) is 20.1 Å². The summed E-state index contributed by atoms with van der Waals surface area (Å²) >= 11 is 0. The van der Waals surface area contributed by atoms with Crippen molar-refractivity contribution in [1.29, 1.82) is 0 Å². The first-order valence-corrected chi connectivity index (χ1v) is 5.73. The van der Waals surface area contributed by atoms with Gasteiger partial charge in [0.2, 0.25) is 5.91 Å². The van der Waals surface area contributed by atoms with Crippen molar-refractivity contribution in [3.8, 4) is 0 Å². The Bertz CT molecular complexity index is 434. The standard InChI is InChI=1S/C12H18N4O/c1-12(11(13)17)3-4-16(8-12)10-5-9(14-2)6-15-7-10/h5-7,14H,3-4,8H2,1-2H3,(H2,13,17). The van der Waals surface area contributed by atoms with Gasteiger partial charge in [-0.05, 0) is 19.4 Å². The zero-order valence-electron chi connectivity index (χ0n) is 10.2. The van der Waals surface area contributed by atoms with Gasteiger partial charge >= 0.3 is 0 Å². The zero-order valence-corrected chi connectivity index (χ0v) is 10.2. The second-order valence-electron chi connectivity index (χ2n) is 4.78. The van der Waals surface area contributed by atoms with E-state index in [1.165, 1.54) is 0 Å². The van der Waals surface area contributed by atoms with E-state index in [1.807, 2.05) is 26.2 Å². The Morgan fingerprint density at radius 3 is 2.94 bits per heavy atom. The highest BCUT2D eigenvalue weighted by Crippen LogP contribution is 2.33. The van der Waals surface area contributed by atoms with Gasteiger partial charge in [-0.3, -0.25) is 9.78 Å². The number of rotatable bonds is 3. The number of amides is 1. The Balaban J connectivity index is 2.17. The number of hydrogen-bond acceptors (Lipinski definition) is 4. The molecule has 1 aliphatic rings. The second kappa shape index (κ2) is 4.24. The van der Waals surface area contributed by atoms with E-state index in [1.54, 1.807) is 6.20 Å². The van der Waals surface area contributed by atoms with E-state index in [2.05, 4.69) is 15.2 Å². The van der Waals surface area contributed by atoms with Gasteiger partial charge in [0.05, 0.1) is 29.2 Å². The van der Waals surface area contributed by atoms with Crippen LogP contribution in [0.4, 0.5) is 11.4 Å². The molecular formula is C12H18N4O. The summed E-state index contributed by atoms with van der Waals surface area (Å²) in [5, 5.41) is 3.05. The predicted octanol–water partition coefficient (Wildman–Crippen LogP) is 0.825. The fraction of sp³-hybridized carbons (Fsp3) is 0.500. The van der Waals surface area contributed by atoms with Crippen LogP contribution in [0.1, 0.15) is 13.3 Å². The number of nitrogens with zero attached hydrogens (tertiary/aromatic N) is 2. The molecule has 0 aliphatic carbocycles. The highest BCUT2D eigenvalue weighted by atomic mass is 16.1. The van der Waals surface area contributed by atoms with Gasteiger partial charge in [0.25, 0.3) is 0 Å². The van der Waals surface area contributed by atoms with Crippen molar-refractivity contribution in [3.05, 3.63) is 18.5 Å². The first-order chi connectivity index (χ1) is 8.05. The molecule has 0 saturated carbocycles. The van der Waals surface area contributed by atoms with Crippen LogP contribution in [0.25, 0.3) is 0 Å². The van der Waals surface area contributed by atoms with Crippen LogP contribution in [-0.4, -0.2) is 31.0 Å². The summed E-state index contributed by atoms with van der Waals surface area (Å²) in [7, 11) is 1.86. The van der Waals surface area contributed by atoms with E-state index in [0.717, 1.165) is 24.3 Å². The summed E-state index contributed by atoms with van der Waals surface area (Å²) in [6.07, 6.45) is 4.38. The molecule has 5 nitrogen and oxygen atoms in total. The molecule has 1 aliphatic heterocycles. The molecule has 0 radical (unpaired) electrons. The van der Waals surface area contributed by atoms with Crippen molar-refractivity contribution in [2.45, 2.75) is 13.3 Å². The number of nitrogens with two attached hydrogens (primary N) is 1. The molecule has 2 rings (SSSR count). The van der Waals surface area contributed by atoms with Crippen molar-refractivity contribution < 1.29 is 4.79 Å². The Morgan fingerprint density at radius 1 is 1.59 bits per heavy atom. The monoisotopic (exact) mass is 234 g/mol. The maximum atomic E-state index is 11.4. The normalized spacial score (nSPS) is 23.8. The highest BCUT2D eigenvalue weighted by Gasteiger charge is 2.38. The molecule has 0 aromatic carbocycles. The predicted molar refractivity (Wildman–Crippen MR) is 67.9 cm³/mol. The van der Waals surface area contributed by atoms with Gasteiger partial charge in [-0.25, -0.2) is 0 Å². The van der Waals surface area contributed by atoms with Crippen molar-refractivity contribution in [1.82, 2.24) is 4.98 Å². The average Bonchev–Trinajstić information content (AvgIpc) is 2.74. The summed E-state index contributed by atoms with van der Waals surface area (Å²) in [6, 6.07) is 2.03. The van der Waals surface area contributed by atoms with Gasteiger partial charge in [-0.2, -0.15) is 0 Å². The van der Waals surface area contributed by atoms with Gasteiger partial charge in [-0.1, -0.05) is 0 Å². The van der Waals surface area contributed by atoms with Crippen LogP contribution in [0.2, 0.25) is 0 Å². The molecule has 1 atom stereocenters. The lowest BCUT2D eigenvalue weighted by molar-refractivity contribution is -0.125. The maximum Gasteiger partial charge on any atom is 0.225 e. The molecule has 1 aromatic heterocycles. The van der Waals surface area contributed by atoms with Crippen molar-refractivity contribution in [2.75, 3.05) is 30.4 Å². The fourth-order valence-electron chi connectivity index (χ4n) is 2.12. The SMILES string of the molecule is CNc1cncc(N2CCC(C)(C(N)=O)C2)c1. The molecule has 1 fully saturated rings. The molecule has 1 aromatic rings. The van der Waals surface area contributed by atoms with Gasteiger partial charge in [0.15, 0.2) is 0 Å². The number of anilines is 2. The smallest absolute Gasteiger partial charge is 0.225 e. The lowest BCUT2D eigenvalue weighted by atomic mass is 9.89. The Labute approximate surface area is 101 Å². The van der Waals surface area contributed by atoms with E-state index in [9.17, 15) is 4.79 Å². The van der Waals surface area contributed by atoms with Crippen LogP contribution in [-0.2, 0) is 4.79 Å². The Kier molecular flexibility index (Phi) is 2.92. The third-order valence-electron chi connectivity index (χ3n) is 3.45. The summed E-state index contributed by atoms with van der Waals surface area (Å²) in [4.78, 5) is 17.7. The van der Waals surface area contributed by atoms with Crippen molar-refractivity contribution in [3.63, 3.8) is 0 Å². The lowest BCUT2D eigenvalue weighted by Crippen LogP contribution is -2.37. The largest absolute Gasteiger partial charge is 0.387 e. The first-order valence-electron chi connectivity index (χ1n) is 5.73. The summed E-state index contributed by atoms with van der Waals surface area (Å²) in [6.45, 7) is 3.43. The minimum Gasteiger partial charge on any atom is -0.387 e.